The molecular formula is C31H46F6O4. The minimum Gasteiger partial charge on any atom is -0.393 e. The van der Waals surface area contributed by atoms with Gasteiger partial charge in [-0.05, 0) is 105 Å². The molecule has 0 heterocycles. The fourth-order valence-electron chi connectivity index (χ4n) is 7.85. The largest absolute Gasteiger partial charge is 0.426 e. The Kier molecular flexibility index (Phi) is 9.67. The van der Waals surface area contributed by atoms with E-state index in [2.05, 4.69) is 6.58 Å². The van der Waals surface area contributed by atoms with Gasteiger partial charge in [-0.15, -0.1) is 0 Å². The molecule has 4 nitrogen and oxygen atoms in total. The lowest BCUT2D eigenvalue weighted by atomic mass is 9.52. The lowest BCUT2D eigenvalue weighted by Crippen LogP contribution is -2.59. The molecule has 0 saturated heterocycles. The van der Waals surface area contributed by atoms with Crippen molar-refractivity contribution in [2.24, 2.45) is 22.7 Å². The van der Waals surface area contributed by atoms with Crippen molar-refractivity contribution in [3.05, 3.63) is 35.5 Å². The zero-order chi connectivity index (χ0) is 31.2. The second-order valence-corrected chi connectivity index (χ2v) is 13.8. The molecule has 3 aliphatic rings. The molecule has 2 unspecified atom stereocenters. The summed E-state index contributed by atoms with van der Waals surface area (Å²) in [6, 6.07) is 0. The maximum Gasteiger partial charge on any atom is 0.426 e. The minimum atomic E-state index is -5.89. The molecule has 3 fully saturated rings. The molecule has 4 N–H and O–H groups in total. The van der Waals surface area contributed by atoms with Crippen LogP contribution in [-0.2, 0) is 0 Å². The molecule has 0 aromatic rings. The lowest BCUT2D eigenvalue weighted by Gasteiger charge is -2.53. The minimum absolute atomic E-state index is 0.00989. The number of halogens is 6. The molecule has 0 aromatic carbocycles. The Labute approximate surface area is 239 Å². The molecule has 6 atom stereocenters. The van der Waals surface area contributed by atoms with Gasteiger partial charge in [-0.25, -0.2) is 0 Å². The van der Waals surface area contributed by atoms with Crippen molar-refractivity contribution in [3.8, 4) is 0 Å². The molecule has 0 aliphatic heterocycles. The highest BCUT2D eigenvalue weighted by Crippen LogP contribution is 2.68. The number of aliphatic hydroxyl groups is 4. The highest BCUT2D eigenvalue weighted by atomic mass is 19.4. The molecule has 0 aromatic heterocycles. The highest BCUT2D eigenvalue weighted by molar-refractivity contribution is 5.39. The summed E-state index contributed by atoms with van der Waals surface area (Å²) in [5.41, 5.74) is -5.21. The third-order valence-corrected chi connectivity index (χ3v) is 10.6. The van der Waals surface area contributed by atoms with Crippen molar-refractivity contribution in [2.75, 3.05) is 0 Å². The van der Waals surface area contributed by atoms with Crippen molar-refractivity contribution in [3.63, 3.8) is 0 Å². The van der Waals surface area contributed by atoms with Gasteiger partial charge in [-0.1, -0.05) is 44.6 Å². The number of allylic oxidation sites excluding steroid dienone is 3. The summed E-state index contributed by atoms with van der Waals surface area (Å²) in [5.74, 6) is -1.18. The lowest BCUT2D eigenvalue weighted by molar-refractivity contribution is -0.375. The summed E-state index contributed by atoms with van der Waals surface area (Å²) in [5, 5.41) is 40.7. The van der Waals surface area contributed by atoms with E-state index < -0.39 is 58.9 Å². The van der Waals surface area contributed by atoms with Crippen LogP contribution >= 0.6 is 0 Å². The Morgan fingerprint density at radius 1 is 1.00 bits per heavy atom. The van der Waals surface area contributed by atoms with E-state index in [1.807, 2.05) is 19.1 Å². The Hall–Kier alpha value is -1.36. The molecule has 3 rings (SSSR count). The van der Waals surface area contributed by atoms with Gasteiger partial charge in [0.2, 0.25) is 0 Å². The van der Waals surface area contributed by atoms with Gasteiger partial charge in [0.25, 0.3) is 5.60 Å². The average molecular weight is 597 g/mol. The van der Waals surface area contributed by atoms with Crippen molar-refractivity contribution in [1.82, 2.24) is 0 Å². The first-order valence-corrected chi connectivity index (χ1v) is 14.6. The van der Waals surface area contributed by atoms with Gasteiger partial charge in [0, 0.05) is 6.42 Å². The first-order chi connectivity index (χ1) is 18.6. The second-order valence-electron chi connectivity index (χ2n) is 13.8. The predicted molar refractivity (Wildman–Crippen MR) is 145 cm³/mol. The SMILES string of the molecule is C=C1/C(=C\C=C2/CCC[C@@]3(C)C2CC[C@]3(C)C(CCCC(C)(C)O)CC(O)(C(F)(F)F)C(F)(F)F)C[C@@H](O)C[C@@H]1O. The fraction of sp³-hybridized carbons (Fsp3) is 0.806. The van der Waals surface area contributed by atoms with Crippen LogP contribution in [-0.4, -0.2) is 56.2 Å². The molecule has 10 heteroatoms. The number of aliphatic hydroxyl groups excluding tert-OH is 2. The van der Waals surface area contributed by atoms with E-state index in [-0.39, 0.29) is 31.6 Å². The molecule has 41 heavy (non-hydrogen) atoms. The molecule has 3 aliphatic carbocycles. The van der Waals surface area contributed by atoms with Crippen LogP contribution in [0.1, 0.15) is 98.3 Å². The van der Waals surface area contributed by atoms with Gasteiger partial charge >= 0.3 is 12.4 Å². The number of rotatable bonds is 8. The van der Waals surface area contributed by atoms with Crippen LogP contribution in [0.2, 0.25) is 0 Å². The van der Waals surface area contributed by atoms with Gasteiger partial charge in [0.1, 0.15) is 0 Å². The van der Waals surface area contributed by atoms with Crippen molar-refractivity contribution < 1.29 is 46.8 Å². The van der Waals surface area contributed by atoms with Gasteiger partial charge in [-0.2, -0.15) is 26.3 Å². The standard InChI is InChI=1S/C31H46F6O4/c1-19-21(16-23(38)17-25(19)39)11-10-20-8-6-14-28(5)24(20)12-15-27(28,4)22(9-7-13-26(2,3)40)18-29(41,30(32,33)34)31(35,36)37/h10-11,22-25,38-41H,1,6-9,12-18H2,2-5H3/b20-10+,21-11-/t22?,23-,24?,25+,27-,28+/m1/s1. The van der Waals surface area contributed by atoms with Gasteiger partial charge in [0.15, 0.2) is 0 Å². The molecule has 0 spiro atoms. The third kappa shape index (κ3) is 6.75. The Bertz CT molecular complexity index is 1010. The summed E-state index contributed by atoms with van der Waals surface area (Å²) in [7, 11) is 0. The average Bonchev–Trinajstić information content (AvgIpc) is 3.09. The summed E-state index contributed by atoms with van der Waals surface area (Å²) in [6.45, 7) is 10.8. The van der Waals surface area contributed by atoms with Crippen LogP contribution in [0.25, 0.3) is 0 Å². The zero-order valence-electron chi connectivity index (χ0n) is 24.5. The molecule has 0 amide bonds. The quantitative estimate of drug-likeness (QED) is 0.221. The summed E-state index contributed by atoms with van der Waals surface area (Å²) in [6.07, 6.45) is -6.99. The summed E-state index contributed by atoms with van der Waals surface area (Å²) < 4.78 is 83.2. The third-order valence-electron chi connectivity index (χ3n) is 10.6. The molecule has 0 radical (unpaired) electrons. The van der Waals surface area contributed by atoms with Gasteiger partial charge in [-0.3, -0.25) is 0 Å². The van der Waals surface area contributed by atoms with E-state index in [1.165, 1.54) is 0 Å². The maximum absolute atomic E-state index is 13.9. The number of hydrogen-bond acceptors (Lipinski definition) is 4. The van der Waals surface area contributed by atoms with E-state index in [9.17, 15) is 46.8 Å². The van der Waals surface area contributed by atoms with Crippen LogP contribution in [0.3, 0.4) is 0 Å². The van der Waals surface area contributed by atoms with Crippen LogP contribution in [0, 0.1) is 22.7 Å². The number of alkyl halides is 6. The first kappa shape index (κ1) is 34.1. The predicted octanol–water partition coefficient (Wildman–Crippen LogP) is 7.32. The van der Waals surface area contributed by atoms with E-state index in [0.717, 1.165) is 17.6 Å². The van der Waals surface area contributed by atoms with Crippen LogP contribution in [0.5, 0.6) is 0 Å². The topological polar surface area (TPSA) is 80.9 Å². The molecule has 3 saturated carbocycles. The van der Waals surface area contributed by atoms with Crippen molar-refractivity contribution in [2.45, 2.75) is 134 Å². The normalized spacial score (nSPS) is 34.8. The monoisotopic (exact) mass is 596 g/mol. The van der Waals surface area contributed by atoms with Crippen molar-refractivity contribution >= 4 is 0 Å². The molecule has 236 valence electrons. The fourth-order valence-corrected chi connectivity index (χ4v) is 7.85. The van der Waals surface area contributed by atoms with Crippen LogP contribution in [0.15, 0.2) is 35.5 Å². The molecule has 0 bridgehead atoms. The van der Waals surface area contributed by atoms with E-state index >= 15 is 0 Å². The smallest absolute Gasteiger partial charge is 0.393 e. The Balaban J connectivity index is 2.00. The summed E-state index contributed by atoms with van der Waals surface area (Å²) >= 11 is 0. The van der Waals surface area contributed by atoms with Gasteiger partial charge in [0.05, 0.1) is 17.8 Å². The Morgan fingerprint density at radius 3 is 2.17 bits per heavy atom. The van der Waals surface area contributed by atoms with E-state index in [1.54, 1.807) is 20.8 Å². The highest BCUT2D eigenvalue weighted by Gasteiger charge is 2.72. The zero-order valence-corrected chi connectivity index (χ0v) is 24.5. The first-order valence-electron chi connectivity index (χ1n) is 14.6. The summed E-state index contributed by atoms with van der Waals surface area (Å²) in [4.78, 5) is 0. The van der Waals surface area contributed by atoms with Gasteiger partial charge < -0.3 is 20.4 Å². The second kappa shape index (κ2) is 11.6. The van der Waals surface area contributed by atoms with E-state index in [0.29, 0.717) is 37.7 Å². The Morgan fingerprint density at radius 2 is 1.61 bits per heavy atom. The maximum atomic E-state index is 13.9. The number of fused-ring (bicyclic) bond motifs is 1. The molecular weight excluding hydrogens is 550 g/mol. The number of hydrogen-bond donors (Lipinski definition) is 4. The van der Waals surface area contributed by atoms with E-state index in [4.69, 9.17) is 0 Å². The van der Waals surface area contributed by atoms with Crippen molar-refractivity contribution in [1.29, 1.82) is 0 Å². The van der Waals surface area contributed by atoms with Crippen LogP contribution in [0.4, 0.5) is 26.3 Å². The van der Waals surface area contributed by atoms with Crippen LogP contribution < -0.4 is 0 Å².